The first-order chi connectivity index (χ1) is 17.6. The molecule has 3 fully saturated rings. The SMILES string of the molecule is CCOC(=O)[C@@H]1C2CCC(CC2)[C@H]1Nc1nc(-c2[nH]nc3ncc(F)cc23)nn2c(COC)ccc12. The highest BCUT2D eigenvalue weighted by Gasteiger charge is 2.48. The third-order valence-corrected chi connectivity index (χ3v) is 7.56. The summed E-state index contributed by atoms with van der Waals surface area (Å²) in [6.07, 6.45) is 5.34. The maximum Gasteiger partial charge on any atom is 0.311 e. The number of pyridine rings is 1. The topological polar surface area (TPSA) is 119 Å². The Labute approximate surface area is 206 Å². The number of hydrogen-bond acceptors (Lipinski definition) is 8. The van der Waals surface area contributed by atoms with E-state index in [-0.39, 0.29) is 17.9 Å². The second-order valence-electron chi connectivity index (χ2n) is 9.58. The van der Waals surface area contributed by atoms with E-state index in [4.69, 9.17) is 19.6 Å². The van der Waals surface area contributed by atoms with Crippen LogP contribution in [-0.4, -0.2) is 55.5 Å². The first-order valence-electron chi connectivity index (χ1n) is 12.4. The summed E-state index contributed by atoms with van der Waals surface area (Å²) in [5.41, 5.74) is 2.44. The van der Waals surface area contributed by atoms with Crippen molar-refractivity contribution in [1.29, 1.82) is 0 Å². The molecule has 0 radical (unpaired) electrons. The van der Waals surface area contributed by atoms with Crippen molar-refractivity contribution in [1.82, 2.24) is 29.8 Å². The van der Waals surface area contributed by atoms with Crippen molar-refractivity contribution in [2.24, 2.45) is 17.8 Å². The minimum Gasteiger partial charge on any atom is -0.466 e. The van der Waals surface area contributed by atoms with Crippen LogP contribution in [0.1, 0.15) is 38.3 Å². The fraction of sp³-hybridized carbons (Fsp3) is 0.480. The van der Waals surface area contributed by atoms with Crippen LogP contribution < -0.4 is 5.32 Å². The normalized spacial score (nSPS) is 23.4. The standard InChI is InChI=1S/C25H28FN7O3/c1-3-36-25(34)19-13-4-6-14(7-5-13)20(19)28-23-18-9-8-16(12-35-2)33(18)32-24(29-23)21-17-10-15(26)11-27-22(17)31-30-21/h8-11,13-14,19-20H,3-7,12H2,1-2H3,(H,27,30,31)(H,28,29,32)/t13?,14?,19-,20-/m1/s1. The van der Waals surface area contributed by atoms with Gasteiger partial charge in [0.15, 0.2) is 11.5 Å². The number of halogens is 1. The van der Waals surface area contributed by atoms with Gasteiger partial charge in [-0.1, -0.05) is 0 Å². The van der Waals surface area contributed by atoms with Crippen molar-refractivity contribution < 1.29 is 18.7 Å². The van der Waals surface area contributed by atoms with Gasteiger partial charge in [-0.25, -0.2) is 18.9 Å². The first kappa shape index (κ1) is 22.8. The molecule has 10 nitrogen and oxygen atoms in total. The molecule has 2 N–H and O–H groups in total. The summed E-state index contributed by atoms with van der Waals surface area (Å²) in [5.74, 6) is 0.735. The Morgan fingerprint density at radius 3 is 2.83 bits per heavy atom. The van der Waals surface area contributed by atoms with Crippen molar-refractivity contribution in [3.8, 4) is 11.5 Å². The largest absolute Gasteiger partial charge is 0.466 e. The molecule has 4 aromatic heterocycles. The molecule has 0 amide bonds. The molecule has 4 aromatic rings. The van der Waals surface area contributed by atoms with Crippen LogP contribution in [0.15, 0.2) is 24.4 Å². The number of aromatic amines is 1. The third kappa shape index (κ3) is 3.78. The quantitative estimate of drug-likeness (QED) is 0.374. The molecule has 3 saturated carbocycles. The highest BCUT2D eigenvalue weighted by atomic mass is 19.1. The molecule has 0 aromatic carbocycles. The molecule has 11 heteroatoms. The average Bonchev–Trinajstić information content (AvgIpc) is 3.49. The van der Waals surface area contributed by atoms with E-state index in [0.717, 1.165) is 43.1 Å². The van der Waals surface area contributed by atoms with Crippen LogP contribution in [-0.2, 0) is 20.9 Å². The molecule has 36 heavy (non-hydrogen) atoms. The van der Waals surface area contributed by atoms with Gasteiger partial charge in [0.25, 0.3) is 0 Å². The fourth-order valence-electron chi connectivity index (χ4n) is 5.96. The van der Waals surface area contributed by atoms with Crippen LogP contribution >= 0.6 is 0 Å². The third-order valence-electron chi connectivity index (χ3n) is 7.56. The molecule has 4 heterocycles. The Hall–Kier alpha value is -3.60. The van der Waals surface area contributed by atoms with Gasteiger partial charge in [0.2, 0.25) is 5.82 Å². The number of carbonyl (C=O) groups excluding carboxylic acids is 1. The smallest absolute Gasteiger partial charge is 0.311 e. The molecule has 0 saturated heterocycles. The second kappa shape index (κ2) is 9.12. The van der Waals surface area contributed by atoms with Crippen LogP contribution in [0.4, 0.5) is 10.2 Å². The zero-order valence-electron chi connectivity index (χ0n) is 20.2. The Kier molecular flexibility index (Phi) is 5.79. The number of nitrogens with one attached hydrogen (secondary N) is 2. The summed E-state index contributed by atoms with van der Waals surface area (Å²) < 4.78 is 26.6. The molecular formula is C25H28FN7O3. The van der Waals surface area contributed by atoms with E-state index in [1.54, 1.807) is 11.6 Å². The van der Waals surface area contributed by atoms with E-state index in [2.05, 4.69) is 20.5 Å². The summed E-state index contributed by atoms with van der Waals surface area (Å²) in [5, 5.41) is 16.0. The lowest BCUT2D eigenvalue weighted by atomic mass is 9.61. The maximum atomic E-state index is 14.0. The number of nitrogens with zero attached hydrogens (tertiary/aromatic N) is 5. The molecule has 7 rings (SSSR count). The zero-order chi connectivity index (χ0) is 24.8. The molecule has 3 aliphatic rings. The minimum atomic E-state index is -0.471. The number of esters is 1. The van der Waals surface area contributed by atoms with Gasteiger partial charge in [0.1, 0.15) is 17.0 Å². The summed E-state index contributed by atoms with van der Waals surface area (Å²) in [7, 11) is 1.63. The van der Waals surface area contributed by atoms with Crippen LogP contribution in [0.3, 0.4) is 0 Å². The van der Waals surface area contributed by atoms with E-state index in [0.29, 0.717) is 53.4 Å². The number of ether oxygens (including phenoxy) is 2. The molecule has 0 aliphatic heterocycles. The minimum absolute atomic E-state index is 0.0958. The number of H-pyrrole nitrogens is 1. The number of anilines is 1. The van der Waals surface area contributed by atoms with E-state index < -0.39 is 5.82 Å². The van der Waals surface area contributed by atoms with Crippen LogP contribution in [0.5, 0.6) is 0 Å². The van der Waals surface area contributed by atoms with Crippen molar-refractivity contribution >= 4 is 28.3 Å². The zero-order valence-corrected chi connectivity index (χ0v) is 20.2. The number of hydrogen-bond donors (Lipinski definition) is 2. The predicted molar refractivity (Wildman–Crippen MR) is 130 cm³/mol. The highest BCUT2D eigenvalue weighted by molar-refractivity contribution is 5.89. The van der Waals surface area contributed by atoms with E-state index in [1.165, 1.54) is 6.07 Å². The van der Waals surface area contributed by atoms with Gasteiger partial charge in [-0.2, -0.15) is 5.10 Å². The number of aromatic nitrogens is 6. The van der Waals surface area contributed by atoms with Crippen molar-refractivity contribution in [2.75, 3.05) is 19.0 Å². The Balaban J connectivity index is 1.47. The maximum absolute atomic E-state index is 14.0. The second-order valence-corrected chi connectivity index (χ2v) is 9.58. The Morgan fingerprint density at radius 2 is 2.06 bits per heavy atom. The van der Waals surface area contributed by atoms with Crippen molar-refractivity contribution in [2.45, 2.75) is 45.3 Å². The van der Waals surface area contributed by atoms with Gasteiger partial charge in [0, 0.05) is 13.2 Å². The molecule has 2 bridgehead atoms. The summed E-state index contributed by atoms with van der Waals surface area (Å²) in [4.78, 5) is 21.9. The highest BCUT2D eigenvalue weighted by Crippen LogP contribution is 2.47. The van der Waals surface area contributed by atoms with Gasteiger partial charge < -0.3 is 14.8 Å². The monoisotopic (exact) mass is 493 g/mol. The average molecular weight is 494 g/mol. The van der Waals surface area contributed by atoms with Gasteiger partial charge in [-0.05, 0) is 62.6 Å². The van der Waals surface area contributed by atoms with Gasteiger partial charge in [-0.15, -0.1) is 5.10 Å². The summed E-state index contributed by atoms with van der Waals surface area (Å²) >= 11 is 0. The number of carbonyl (C=O) groups is 1. The number of rotatable bonds is 7. The lowest BCUT2D eigenvalue weighted by molar-refractivity contribution is -0.154. The number of methoxy groups -OCH3 is 1. The van der Waals surface area contributed by atoms with Gasteiger partial charge >= 0.3 is 5.97 Å². The van der Waals surface area contributed by atoms with E-state index >= 15 is 0 Å². The summed E-state index contributed by atoms with van der Waals surface area (Å²) in [6.45, 7) is 2.55. The molecule has 3 aliphatic carbocycles. The van der Waals surface area contributed by atoms with E-state index in [9.17, 15) is 9.18 Å². The molecule has 0 unspecified atom stereocenters. The fourth-order valence-corrected chi connectivity index (χ4v) is 5.96. The van der Waals surface area contributed by atoms with Gasteiger partial charge in [-0.3, -0.25) is 9.89 Å². The van der Waals surface area contributed by atoms with Crippen LogP contribution in [0.25, 0.3) is 28.1 Å². The summed E-state index contributed by atoms with van der Waals surface area (Å²) in [6, 6.07) is 5.14. The first-order valence-corrected chi connectivity index (χ1v) is 12.4. The van der Waals surface area contributed by atoms with Crippen LogP contribution in [0, 0.1) is 23.6 Å². The molecule has 0 spiro atoms. The predicted octanol–water partition coefficient (Wildman–Crippen LogP) is 3.73. The van der Waals surface area contributed by atoms with Crippen LogP contribution in [0.2, 0.25) is 0 Å². The molecule has 2 atom stereocenters. The van der Waals surface area contributed by atoms with E-state index in [1.807, 2.05) is 19.1 Å². The number of fused-ring (bicyclic) bond motifs is 5. The lowest BCUT2D eigenvalue weighted by Crippen LogP contribution is -2.52. The lowest BCUT2D eigenvalue weighted by Gasteiger charge is -2.47. The Bertz CT molecular complexity index is 1430. The van der Waals surface area contributed by atoms with Crippen molar-refractivity contribution in [3.63, 3.8) is 0 Å². The Morgan fingerprint density at radius 1 is 1.25 bits per heavy atom. The van der Waals surface area contributed by atoms with Crippen molar-refractivity contribution in [3.05, 3.63) is 35.9 Å². The van der Waals surface area contributed by atoms with Gasteiger partial charge in [0.05, 0.1) is 36.4 Å². The molecular weight excluding hydrogens is 465 g/mol. The molecule has 188 valence electrons.